The summed E-state index contributed by atoms with van der Waals surface area (Å²) in [4.78, 5) is 12.4. The number of fused-ring (bicyclic) bond motifs is 1. The first-order valence-electron chi connectivity index (χ1n) is 6.33. The van der Waals surface area contributed by atoms with E-state index in [0.717, 1.165) is 16.9 Å². The summed E-state index contributed by atoms with van der Waals surface area (Å²) in [6.07, 6.45) is 0.290. The molecule has 0 radical (unpaired) electrons. The van der Waals surface area contributed by atoms with Gasteiger partial charge in [-0.25, -0.2) is 0 Å². The minimum absolute atomic E-state index is 0.110. The van der Waals surface area contributed by atoms with Crippen LogP contribution >= 0.6 is 23.2 Å². The second-order valence-electron chi connectivity index (χ2n) is 4.78. The number of ketones is 1. The predicted molar refractivity (Wildman–Crippen MR) is 79.9 cm³/mol. The summed E-state index contributed by atoms with van der Waals surface area (Å²) < 4.78 is 5.54. The Morgan fingerprint density at radius 3 is 2.80 bits per heavy atom. The van der Waals surface area contributed by atoms with Gasteiger partial charge in [-0.1, -0.05) is 47.5 Å². The fourth-order valence-electron chi connectivity index (χ4n) is 2.41. The number of halogens is 2. The molecule has 2 aromatic rings. The van der Waals surface area contributed by atoms with Crippen molar-refractivity contribution in [2.75, 3.05) is 6.61 Å². The van der Waals surface area contributed by atoms with Gasteiger partial charge in [0, 0.05) is 22.0 Å². The van der Waals surface area contributed by atoms with Crippen molar-refractivity contribution in [2.24, 2.45) is 0 Å². The van der Waals surface area contributed by atoms with Crippen LogP contribution in [0.15, 0.2) is 42.5 Å². The Hall–Kier alpha value is -1.51. The van der Waals surface area contributed by atoms with E-state index in [9.17, 15) is 4.79 Å². The van der Waals surface area contributed by atoms with Crippen LogP contribution in [0, 0.1) is 0 Å². The molecule has 20 heavy (non-hydrogen) atoms. The Morgan fingerprint density at radius 1 is 1.20 bits per heavy atom. The van der Waals surface area contributed by atoms with Gasteiger partial charge < -0.3 is 4.74 Å². The van der Waals surface area contributed by atoms with Gasteiger partial charge in [0.1, 0.15) is 18.1 Å². The molecule has 2 aromatic carbocycles. The van der Waals surface area contributed by atoms with E-state index in [4.69, 9.17) is 27.9 Å². The molecule has 0 amide bonds. The standard InChI is InChI=1S/C16H12Cl2O2/c17-11-6-5-10(14(18)8-11)7-15(19)13-9-20-16-4-2-1-3-12(13)16/h1-6,8,13H,7,9H2. The van der Waals surface area contributed by atoms with E-state index >= 15 is 0 Å². The molecule has 3 rings (SSSR count). The molecule has 1 atom stereocenters. The minimum atomic E-state index is -0.210. The SMILES string of the molecule is O=C(Cc1ccc(Cl)cc1Cl)C1COc2ccccc21. The van der Waals surface area contributed by atoms with Gasteiger partial charge >= 0.3 is 0 Å². The third-order valence-electron chi connectivity index (χ3n) is 3.47. The van der Waals surface area contributed by atoms with Gasteiger partial charge in [-0.3, -0.25) is 4.79 Å². The highest BCUT2D eigenvalue weighted by molar-refractivity contribution is 6.35. The zero-order valence-electron chi connectivity index (χ0n) is 10.6. The van der Waals surface area contributed by atoms with Crippen LogP contribution < -0.4 is 4.74 Å². The molecule has 0 saturated heterocycles. The molecule has 0 saturated carbocycles. The lowest BCUT2D eigenvalue weighted by Crippen LogP contribution is -2.16. The van der Waals surface area contributed by atoms with Crippen LogP contribution in [-0.4, -0.2) is 12.4 Å². The number of hydrogen-bond acceptors (Lipinski definition) is 2. The van der Waals surface area contributed by atoms with Crippen molar-refractivity contribution in [1.29, 1.82) is 0 Å². The third-order valence-corrected chi connectivity index (χ3v) is 4.06. The monoisotopic (exact) mass is 306 g/mol. The maximum Gasteiger partial charge on any atom is 0.148 e. The van der Waals surface area contributed by atoms with E-state index in [1.165, 1.54) is 0 Å². The van der Waals surface area contributed by atoms with Crippen LogP contribution in [-0.2, 0) is 11.2 Å². The highest BCUT2D eigenvalue weighted by Gasteiger charge is 2.29. The maximum atomic E-state index is 12.4. The molecule has 1 heterocycles. The van der Waals surface area contributed by atoms with Crippen molar-refractivity contribution < 1.29 is 9.53 Å². The van der Waals surface area contributed by atoms with E-state index < -0.39 is 0 Å². The van der Waals surface area contributed by atoms with Crippen molar-refractivity contribution in [3.8, 4) is 5.75 Å². The maximum absolute atomic E-state index is 12.4. The van der Waals surface area contributed by atoms with Crippen LogP contribution in [0.3, 0.4) is 0 Å². The molecule has 0 spiro atoms. The van der Waals surface area contributed by atoms with E-state index in [1.54, 1.807) is 18.2 Å². The second-order valence-corrected chi connectivity index (χ2v) is 5.62. The fraction of sp³-hybridized carbons (Fsp3) is 0.188. The zero-order chi connectivity index (χ0) is 14.1. The molecular formula is C16H12Cl2O2. The molecule has 1 aliphatic heterocycles. The number of ether oxygens (including phenoxy) is 1. The van der Waals surface area contributed by atoms with Crippen molar-refractivity contribution >= 4 is 29.0 Å². The predicted octanol–water partition coefficient (Wildman–Crippen LogP) is 4.28. The lowest BCUT2D eigenvalue weighted by Gasteiger charge is -2.09. The summed E-state index contributed by atoms with van der Waals surface area (Å²) in [7, 11) is 0. The first-order valence-corrected chi connectivity index (χ1v) is 7.09. The molecular weight excluding hydrogens is 295 g/mol. The third kappa shape index (κ3) is 2.54. The molecule has 0 bridgehead atoms. The highest BCUT2D eigenvalue weighted by atomic mass is 35.5. The normalized spacial score (nSPS) is 16.6. The van der Waals surface area contributed by atoms with E-state index in [2.05, 4.69) is 0 Å². The number of carbonyl (C=O) groups excluding carboxylic acids is 1. The number of benzene rings is 2. The molecule has 102 valence electrons. The average molecular weight is 307 g/mol. The molecule has 0 fully saturated rings. The van der Waals surface area contributed by atoms with Gasteiger partial charge in [0.25, 0.3) is 0 Å². The van der Waals surface area contributed by atoms with Gasteiger partial charge in [0.2, 0.25) is 0 Å². The van der Waals surface area contributed by atoms with Gasteiger partial charge in [-0.15, -0.1) is 0 Å². The van der Waals surface area contributed by atoms with Crippen molar-refractivity contribution in [2.45, 2.75) is 12.3 Å². The summed E-state index contributed by atoms with van der Waals surface area (Å²) in [6, 6.07) is 12.8. The van der Waals surface area contributed by atoms with Gasteiger partial charge in [0.15, 0.2) is 0 Å². The molecule has 1 unspecified atom stereocenters. The molecule has 1 aliphatic rings. The van der Waals surface area contributed by atoms with Crippen LogP contribution in [0.25, 0.3) is 0 Å². The van der Waals surface area contributed by atoms with Gasteiger partial charge in [0.05, 0.1) is 5.92 Å². The van der Waals surface area contributed by atoms with Crippen LogP contribution in [0.1, 0.15) is 17.0 Å². The van der Waals surface area contributed by atoms with Crippen LogP contribution in [0.2, 0.25) is 10.0 Å². The number of carbonyl (C=O) groups is 1. The largest absolute Gasteiger partial charge is 0.492 e. The Morgan fingerprint density at radius 2 is 2.00 bits per heavy atom. The quantitative estimate of drug-likeness (QED) is 0.846. The lowest BCUT2D eigenvalue weighted by atomic mass is 9.93. The Kier molecular flexibility index (Phi) is 3.68. The summed E-state index contributed by atoms with van der Waals surface area (Å²) in [5, 5.41) is 1.10. The van der Waals surface area contributed by atoms with Crippen molar-refractivity contribution in [3.05, 3.63) is 63.6 Å². The van der Waals surface area contributed by atoms with Crippen LogP contribution in [0.5, 0.6) is 5.75 Å². The molecule has 0 aliphatic carbocycles. The fourth-order valence-corrected chi connectivity index (χ4v) is 2.88. The number of Topliss-reactive ketones (excluding diaryl/α,β-unsaturated/α-hetero) is 1. The van der Waals surface area contributed by atoms with E-state index in [-0.39, 0.29) is 11.7 Å². The Balaban J connectivity index is 1.81. The highest BCUT2D eigenvalue weighted by Crippen LogP contribution is 2.35. The number of hydrogen-bond donors (Lipinski definition) is 0. The lowest BCUT2D eigenvalue weighted by molar-refractivity contribution is -0.120. The first-order chi connectivity index (χ1) is 9.65. The Bertz CT molecular complexity index is 667. The van der Waals surface area contributed by atoms with Gasteiger partial charge in [-0.2, -0.15) is 0 Å². The second kappa shape index (κ2) is 5.47. The zero-order valence-corrected chi connectivity index (χ0v) is 12.1. The summed E-state index contributed by atoms with van der Waals surface area (Å²) >= 11 is 12.0. The summed E-state index contributed by atoms with van der Waals surface area (Å²) in [6.45, 7) is 0.406. The topological polar surface area (TPSA) is 26.3 Å². The summed E-state index contributed by atoms with van der Waals surface area (Å²) in [5.41, 5.74) is 1.76. The van der Waals surface area contributed by atoms with Crippen molar-refractivity contribution in [3.63, 3.8) is 0 Å². The smallest absolute Gasteiger partial charge is 0.148 e. The van der Waals surface area contributed by atoms with Crippen molar-refractivity contribution in [1.82, 2.24) is 0 Å². The molecule has 0 aromatic heterocycles. The van der Waals surface area contributed by atoms with Crippen LogP contribution in [0.4, 0.5) is 0 Å². The minimum Gasteiger partial charge on any atom is -0.492 e. The summed E-state index contributed by atoms with van der Waals surface area (Å²) in [5.74, 6) is 0.699. The van der Waals surface area contributed by atoms with E-state index in [0.29, 0.717) is 23.1 Å². The Labute approximate surface area is 127 Å². The molecule has 0 N–H and O–H groups in total. The number of para-hydroxylation sites is 1. The molecule has 2 nitrogen and oxygen atoms in total. The average Bonchev–Trinajstić information content (AvgIpc) is 2.86. The molecule has 4 heteroatoms. The van der Waals surface area contributed by atoms with E-state index in [1.807, 2.05) is 24.3 Å². The first kappa shape index (κ1) is 13.5. The number of rotatable bonds is 3. The van der Waals surface area contributed by atoms with Gasteiger partial charge in [-0.05, 0) is 23.8 Å².